The van der Waals surface area contributed by atoms with Crippen LogP contribution < -0.4 is 5.73 Å². The van der Waals surface area contributed by atoms with Gasteiger partial charge in [-0.3, -0.25) is 0 Å². The Kier molecular flexibility index (Phi) is 3.05. The van der Waals surface area contributed by atoms with Crippen molar-refractivity contribution in [2.24, 2.45) is 5.73 Å². The second-order valence-electron chi connectivity index (χ2n) is 4.54. The summed E-state index contributed by atoms with van der Waals surface area (Å²) in [4.78, 5) is 0. The van der Waals surface area contributed by atoms with Gasteiger partial charge in [0.2, 0.25) is 0 Å². The quantitative estimate of drug-likeness (QED) is 0.802. The molecule has 1 fully saturated rings. The van der Waals surface area contributed by atoms with Crippen molar-refractivity contribution in [1.82, 2.24) is 14.8 Å². The van der Waals surface area contributed by atoms with Gasteiger partial charge in [-0.2, -0.15) is 0 Å². The Hall–Kier alpha value is -0.900. The van der Waals surface area contributed by atoms with E-state index in [1.165, 1.54) is 12.8 Å². The molecule has 0 amide bonds. The Morgan fingerprint density at radius 3 is 2.80 bits per heavy atom. The van der Waals surface area contributed by atoms with E-state index in [1.54, 1.807) is 0 Å². The highest BCUT2D eigenvalue weighted by Crippen LogP contribution is 2.38. The molecule has 1 saturated carbocycles. The van der Waals surface area contributed by atoms with E-state index >= 15 is 0 Å². The van der Waals surface area contributed by atoms with Crippen LogP contribution in [0.25, 0.3) is 0 Å². The lowest BCUT2D eigenvalue weighted by Crippen LogP contribution is -2.09. The van der Waals surface area contributed by atoms with Crippen molar-refractivity contribution in [2.45, 2.75) is 51.5 Å². The van der Waals surface area contributed by atoms with E-state index in [2.05, 4.69) is 21.7 Å². The first-order valence-electron chi connectivity index (χ1n) is 5.85. The number of nitrogens with zero attached hydrogens (tertiary/aromatic N) is 3. The molecule has 0 saturated heterocycles. The standard InChI is InChI=1S/C11H20N4/c1-8(4-3-7-12)11-14-13-9(2)15(11)10-5-6-10/h8,10H,3-7,12H2,1-2H3. The number of hydrogen-bond donors (Lipinski definition) is 1. The molecule has 15 heavy (non-hydrogen) atoms. The predicted octanol–water partition coefficient (Wildman–Crippen LogP) is 1.76. The van der Waals surface area contributed by atoms with Gasteiger partial charge >= 0.3 is 0 Å². The van der Waals surface area contributed by atoms with Crippen molar-refractivity contribution in [2.75, 3.05) is 6.54 Å². The molecule has 1 unspecified atom stereocenters. The summed E-state index contributed by atoms with van der Waals surface area (Å²) in [6.45, 7) is 5.03. The molecule has 0 bridgehead atoms. The van der Waals surface area contributed by atoms with Gasteiger partial charge in [0.05, 0.1) is 0 Å². The van der Waals surface area contributed by atoms with Crippen LogP contribution in [-0.2, 0) is 0 Å². The molecule has 0 radical (unpaired) electrons. The lowest BCUT2D eigenvalue weighted by atomic mass is 10.0. The fourth-order valence-electron chi connectivity index (χ4n) is 2.06. The zero-order chi connectivity index (χ0) is 10.8. The Balaban J connectivity index is 2.12. The van der Waals surface area contributed by atoms with Crippen molar-refractivity contribution in [1.29, 1.82) is 0 Å². The van der Waals surface area contributed by atoms with E-state index in [1.807, 2.05) is 6.92 Å². The van der Waals surface area contributed by atoms with Crippen molar-refractivity contribution in [3.05, 3.63) is 11.6 Å². The Morgan fingerprint density at radius 2 is 2.20 bits per heavy atom. The van der Waals surface area contributed by atoms with Crippen molar-refractivity contribution in [3.63, 3.8) is 0 Å². The van der Waals surface area contributed by atoms with Gasteiger partial charge in [-0.15, -0.1) is 10.2 Å². The highest BCUT2D eigenvalue weighted by molar-refractivity contribution is 5.05. The van der Waals surface area contributed by atoms with E-state index in [9.17, 15) is 0 Å². The first-order valence-corrected chi connectivity index (χ1v) is 5.85. The molecule has 1 atom stereocenters. The number of rotatable bonds is 5. The Bertz CT molecular complexity index is 327. The summed E-state index contributed by atoms with van der Waals surface area (Å²) in [6, 6.07) is 0.676. The zero-order valence-electron chi connectivity index (χ0n) is 9.61. The van der Waals surface area contributed by atoms with Gasteiger partial charge in [0, 0.05) is 12.0 Å². The number of aryl methyl sites for hydroxylation is 1. The summed E-state index contributed by atoms with van der Waals surface area (Å²) in [5.41, 5.74) is 5.53. The first kappa shape index (κ1) is 10.6. The molecule has 4 heteroatoms. The fraction of sp³-hybridized carbons (Fsp3) is 0.818. The summed E-state index contributed by atoms with van der Waals surface area (Å²) in [5.74, 6) is 2.70. The molecule has 2 rings (SSSR count). The van der Waals surface area contributed by atoms with Crippen molar-refractivity contribution in [3.8, 4) is 0 Å². The third kappa shape index (κ3) is 2.20. The topological polar surface area (TPSA) is 56.7 Å². The molecule has 1 aliphatic rings. The lowest BCUT2D eigenvalue weighted by molar-refractivity contribution is 0.557. The highest BCUT2D eigenvalue weighted by atomic mass is 15.3. The van der Waals surface area contributed by atoms with Crippen LogP contribution in [0.1, 0.15) is 56.2 Å². The SMILES string of the molecule is Cc1nnc(C(C)CCCN)n1C1CC1. The summed E-state index contributed by atoms with van der Waals surface area (Å²) >= 11 is 0. The van der Waals surface area contributed by atoms with Crippen LogP contribution in [0.5, 0.6) is 0 Å². The number of nitrogens with two attached hydrogens (primary N) is 1. The van der Waals surface area contributed by atoms with Gasteiger partial charge in [0.15, 0.2) is 0 Å². The molecule has 2 N–H and O–H groups in total. The van der Waals surface area contributed by atoms with Crippen LogP contribution in [0.15, 0.2) is 0 Å². The smallest absolute Gasteiger partial charge is 0.136 e. The molecule has 0 aromatic carbocycles. The first-order chi connectivity index (χ1) is 7.24. The minimum atomic E-state index is 0.482. The number of hydrogen-bond acceptors (Lipinski definition) is 3. The lowest BCUT2D eigenvalue weighted by Gasteiger charge is -2.12. The molecule has 0 aliphatic heterocycles. The van der Waals surface area contributed by atoms with Crippen LogP contribution >= 0.6 is 0 Å². The van der Waals surface area contributed by atoms with Crippen molar-refractivity contribution >= 4 is 0 Å². The van der Waals surface area contributed by atoms with E-state index in [4.69, 9.17) is 5.73 Å². The molecule has 1 aromatic heterocycles. The molecule has 1 heterocycles. The summed E-state index contributed by atoms with van der Waals surface area (Å²) in [5, 5.41) is 8.49. The maximum atomic E-state index is 5.53. The minimum Gasteiger partial charge on any atom is -0.330 e. The number of aromatic nitrogens is 3. The largest absolute Gasteiger partial charge is 0.330 e. The van der Waals surface area contributed by atoms with Crippen LogP contribution in [-0.4, -0.2) is 21.3 Å². The third-order valence-electron chi connectivity index (χ3n) is 3.09. The second-order valence-corrected chi connectivity index (χ2v) is 4.54. The van der Waals surface area contributed by atoms with Gasteiger partial charge in [0.25, 0.3) is 0 Å². The molecule has 84 valence electrons. The second kappa shape index (κ2) is 4.31. The van der Waals surface area contributed by atoms with E-state index in [0.717, 1.165) is 31.0 Å². The summed E-state index contributed by atoms with van der Waals surface area (Å²) < 4.78 is 2.32. The summed E-state index contributed by atoms with van der Waals surface area (Å²) in [7, 11) is 0. The Morgan fingerprint density at radius 1 is 1.47 bits per heavy atom. The average Bonchev–Trinajstić information content (AvgIpc) is 2.99. The molecular weight excluding hydrogens is 188 g/mol. The van der Waals surface area contributed by atoms with Gasteiger partial charge in [-0.25, -0.2) is 0 Å². The van der Waals surface area contributed by atoms with Crippen LogP contribution in [0.2, 0.25) is 0 Å². The van der Waals surface area contributed by atoms with Crippen LogP contribution in [0.3, 0.4) is 0 Å². The molecule has 4 nitrogen and oxygen atoms in total. The van der Waals surface area contributed by atoms with E-state index < -0.39 is 0 Å². The predicted molar refractivity (Wildman–Crippen MR) is 59.7 cm³/mol. The fourth-order valence-corrected chi connectivity index (χ4v) is 2.06. The average molecular weight is 208 g/mol. The van der Waals surface area contributed by atoms with Gasteiger partial charge in [-0.1, -0.05) is 6.92 Å². The molecule has 1 aromatic rings. The molecular formula is C11H20N4. The molecule has 1 aliphatic carbocycles. The normalized spacial score (nSPS) is 18.1. The third-order valence-corrected chi connectivity index (χ3v) is 3.09. The minimum absolute atomic E-state index is 0.482. The Labute approximate surface area is 90.9 Å². The van der Waals surface area contributed by atoms with Gasteiger partial charge in [0.1, 0.15) is 11.6 Å². The van der Waals surface area contributed by atoms with E-state index in [-0.39, 0.29) is 0 Å². The van der Waals surface area contributed by atoms with Crippen LogP contribution in [0.4, 0.5) is 0 Å². The molecule has 0 spiro atoms. The van der Waals surface area contributed by atoms with Gasteiger partial charge < -0.3 is 10.3 Å². The van der Waals surface area contributed by atoms with Crippen molar-refractivity contribution < 1.29 is 0 Å². The van der Waals surface area contributed by atoms with E-state index in [0.29, 0.717) is 12.0 Å². The van der Waals surface area contributed by atoms with Gasteiger partial charge in [-0.05, 0) is 39.2 Å². The van der Waals surface area contributed by atoms with Crippen LogP contribution in [0, 0.1) is 6.92 Å². The summed E-state index contributed by atoms with van der Waals surface area (Å²) in [6.07, 6.45) is 4.75. The maximum absolute atomic E-state index is 5.53. The monoisotopic (exact) mass is 208 g/mol. The highest BCUT2D eigenvalue weighted by Gasteiger charge is 2.29. The zero-order valence-corrected chi connectivity index (χ0v) is 9.61. The maximum Gasteiger partial charge on any atom is 0.136 e.